The van der Waals surface area contributed by atoms with Crippen LogP contribution in [0.5, 0.6) is 0 Å². The molecule has 0 radical (unpaired) electrons. The number of aromatic nitrogens is 2. The van der Waals surface area contributed by atoms with E-state index in [9.17, 15) is 14.4 Å². The smallest absolute Gasteiger partial charge is 0.330 e. The number of aromatic amines is 1. The Hall–Kier alpha value is -2.25. The van der Waals surface area contributed by atoms with Crippen LogP contribution in [-0.2, 0) is 11.3 Å². The molecule has 1 aromatic rings. The zero-order chi connectivity index (χ0) is 16.7. The molecule has 8 heteroatoms. The van der Waals surface area contributed by atoms with Gasteiger partial charge in [-0.3, -0.25) is 19.1 Å². The number of nitrogen functional groups attached to an aromatic ring is 1. The van der Waals surface area contributed by atoms with Crippen LogP contribution in [0.1, 0.15) is 39.0 Å². The molecule has 0 aliphatic carbocycles. The first-order valence-corrected chi connectivity index (χ1v) is 7.44. The molecular formula is C14H24N4O4. The lowest BCUT2D eigenvalue weighted by Crippen LogP contribution is -2.37. The van der Waals surface area contributed by atoms with E-state index in [1.807, 2.05) is 6.92 Å². The Morgan fingerprint density at radius 2 is 2.00 bits per heavy atom. The molecule has 0 bridgehead atoms. The highest BCUT2D eigenvalue weighted by Gasteiger charge is 2.15. The normalized spacial score (nSPS) is 10.6. The molecule has 0 aromatic carbocycles. The third-order valence-electron chi connectivity index (χ3n) is 3.47. The summed E-state index contributed by atoms with van der Waals surface area (Å²) in [7, 11) is 1.70. The first-order chi connectivity index (χ1) is 10.4. The van der Waals surface area contributed by atoms with Crippen molar-refractivity contribution in [1.82, 2.24) is 9.55 Å². The highest BCUT2D eigenvalue weighted by atomic mass is 16.4. The van der Waals surface area contributed by atoms with E-state index in [1.165, 1.54) is 4.57 Å². The monoisotopic (exact) mass is 312 g/mol. The fourth-order valence-electron chi connectivity index (χ4n) is 2.22. The number of H-pyrrole nitrogens is 1. The standard InChI is InChI=1S/C14H24N4O4/c1-3-4-9-18-12(15)11(13(21)16-14(18)22)17(2)8-6-5-7-10(19)20/h3-9,15H2,1-2H3,(H,19,20)(H,16,21,22). The van der Waals surface area contributed by atoms with Gasteiger partial charge in [0.05, 0.1) is 0 Å². The lowest BCUT2D eigenvalue weighted by atomic mass is 10.2. The van der Waals surface area contributed by atoms with Crippen molar-refractivity contribution in [2.45, 2.75) is 45.6 Å². The highest BCUT2D eigenvalue weighted by molar-refractivity contribution is 5.66. The van der Waals surface area contributed by atoms with Gasteiger partial charge in [0.15, 0.2) is 0 Å². The SMILES string of the molecule is CCCCn1c(N)c(N(C)CCCCC(=O)O)c(=O)[nH]c1=O. The number of hydrogen-bond donors (Lipinski definition) is 3. The summed E-state index contributed by atoms with van der Waals surface area (Å²) in [5.74, 6) is -0.684. The summed E-state index contributed by atoms with van der Waals surface area (Å²) in [4.78, 5) is 38.2. The van der Waals surface area contributed by atoms with Crippen LogP contribution in [0.25, 0.3) is 0 Å². The van der Waals surface area contributed by atoms with E-state index in [4.69, 9.17) is 10.8 Å². The summed E-state index contributed by atoms with van der Waals surface area (Å²) in [6.45, 7) is 2.95. The second-order valence-corrected chi connectivity index (χ2v) is 5.27. The minimum Gasteiger partial charge on any atom is -0.481 e. The van der Waals surface area contributed by atoms with Crippen molar-refractivity contribution in [3.8, 4) is 0 Å². The van der Waals surface area contributed by atoms with Gasteiger partial charge < -0.3 is 15.7 Å². The zero-order valence-corrected chi connectivity index (χ0v) is 13.1. The molecule has 0 spiro atoms. The van der Waals surface area contributed by atoms with Gasteiger partial charge in [0, 0.05) is 26.6 Å². The van der Waals surface area contributed by atoms with Crippen molar-refractivity contribution in [1.29, 1.82) is 0 Å². The van der Waals surface area contributed by atoms with Crippen molar-refractivity contribution in [3.63, 3.8) is 0 Å². The number of nitrogens with one attached hydrogen (secondary N) is 1. The van der Waals surface area contributed by atoms with Gasteiger partial charge in [-0.25, -0.2) is 4.79 Å². The third-order valence-corrected chi connectivity index (χ3v) is 3.47. The predicted octanol–water partition coefficient (Wildman–Crippen LogP) is 0.610. The molecule has 1 rings (SSSR count). The van der Waals surface area contributed by atoms with Gasteiger partial charge in [-0.05, 0) is 19.3 Å². The van der Waals surface area contributed by atoms with Crippen LogP contribution in [0.4, 0.5) is 11.5 Å². The van der Waals surface area contributed by atoms with E-state index >= 15 is 0 Å². The molecule has 0 aliphatic rings. The summed E-state index contributed by atoms with van der Waals surface area (Å²) in [5, 5.41) is 8.61. The van der Waals surface area contributed by atoms with Crippen LogP contribution in [0, 0.1) is 0 Å². The molecule has 0 atom stereocenters. The number of nitrogens with two attached hydrogens (primary N) is 1. The van der Waals surface area contributed by atoms with Crippen LogP contribution in [0.3, 0.4) is 0 Å². The maximum absolute atomic E-state index is 12.0. The first-order valence-electron chi connectivity index (χ1n) is 7.44. The summed E-state index contributed by atoms with van der Waals surface area (Å²) in [6.07, 6.45) is 2.93. The van der Waals surface area contributed by atoms with Crippen molar-refractivity contribution in [2.75, 3.05) is 24.2 Å². The molecule has 8 nitrogen and oxygen atoms in total. The van der Waals surface area contributed by atoms with Crippen molar-refractivity contribution in [3.05, 3.63) is 20.8 Å². The number of rotatable bonds is 9. The quantitative estimate of drug-likeness (QED) is 0.574. The van der Waals surface area contributed by atoms with Gasteiger partial charge >= 0.3 is 11.7 Å². The fraction of sp³-hybridized carbons (Fsp3) is 0.643. The molecule has 0 fully saturated rings. The summed E-state index contributed by atoms with van der Waals surface area (Å²) in [6, 6.07) is 0. The fourth-order valence-corrected chi connectivity index (χ4v) is 2.22. The van der Waals surface area contributed by atoms with Gasteiger partial charge in [-0.1, -0.05) is 13.3 Å². The van der Waals surface area contributed by atoms with E-state index in [0.29, 0.717) is 25.9 Å². The molecule has 0 aliphatic heterocycles. The summed E-state index contributed by atoms with van der Waals surface area (Å²) in [5.41, 5.74) is 5.22. The van der Waals surface area contributed by atoms with E-state index in [2.05, 4.69) is 4.98 Å². The third kappa shape index (κ3) is 4.64. The van der Waals surface area contributed by atoms with Crippen molar-refractivity contribution >= 4 is 17.5 Å². The molecule has 0 saturated heterocycles. The first kappa shape index (κ1) is 17.8. The molecule has 22 heavy (non-hydrogen) atoms. The molecule has 0 amide bonds. The maximum atomic E-state index is 12.0. The highest BCUT2D eigenvalue weighted by Crippen LogP contribution is 2.16. The second kappa shape index (κ2) is 8.26. The van der Waals surface area contributed by atoms with Crippen molar-refractivity contribution in [2.24, 2.45) is 0 Å². The van der Waals surface area contributed by atoms with Gasteiger partial charge in [-0.2, -0.15) is 0 Å². The van der Waals surface area contributed by atoms with E-state index in [1.54, 1.807) is 11.9 Å². The average molecular weight is 312 g/mol. The lowest BCUT2D eigenvalue weighted by molar-refractivity contribution is -0.137. The summed E-state index contributed by atoms with van der Waals surface area (Å²) < 4.78 is 1.37. The number of aliphatic carboxylic acids is 1. The van der Waals surface area contributed by atoms with Gasteiger partial charge in [0.25, 0.3) is 5.56 Å². The minimum absolute atomic E-state index is 0.0929. The zero-order valence-electron chi connectivity index (χ0n) is 13.1. The maximum Gasteiger partial charge on any atom is 0.330 e. The Bertz CT molecular complexity index is 620. The largest absolute Gasteiger partial charge is 0.481 e. The number of hydrogen-bond acceptors (Lipinski definition) is 5. The molecule has 4 N–H and O–H groups in total. The van der Waals surface area contributed by atoms with Crippen LogP contribution < -0.4 is 21.9 Å². The van der Waals surface area contributed by atoms with Crippen LogP contribution in [-0.4, -0.2) is 34.2 Å². The molecular weight excluding hydrogens is 288 g/mol. The Balaban J connectivity index is 2.90. The Kier molecular flexibility index (Phi) is 6.68. The number of carbonyl (C=O) groups is 1. The summed E-state index contributed by atoms with van der Waals surface area (Å²) >= 11 is 0. The van der Waals surface area contributed by atoms with Crippen molar-refractivity contribution < 1.29 is 9.90 Å². The Morgan fingerprint density at radius 3 is 2.59 bits per heavy atom. The lowest BCUT2D eigenvalue weighted by Gasteiger charge is -2.21. The number of anilines is 2. The van der Waals surface area contributed by atoms with Crippen LogP contribution in [0.2, 0.25) is 0 Å². The topological polar surface area (TPSA) is 121 Å². The van der Waals surface area contributed by atoms with Gasteiger partial charge in [0.1, 0.15) is 11.5 Å². The molecule has 1 heterocycles. The average Bonchev–Trinajstić information content (AvgIpc) is 2.43. The number of nitrogens with zero attached hydrogens (tertiary/aromatic N) is 2. The second-order valence-electron chi connectivity index (χ2n) is 5.27. The van der Waals surface area contributed by atoms with Gasteiger partial charge in [0.2, 0.25) is 0 Å². The van der Waals surface area contributed by atoms with E-state index in [-0.39, 0.29) is 17.9 Å². The number of unbranched alkanes of at least 4 members (excludes halogenated alkanes) is 2. The predicted molar refractivity (Wildman–Crippen MR) is 85.4 cm³/mol. The minimum atomic E-state index is -0.840. The number of carboxylic acids is 1. The Morgan fingerprint density at radius 1 is 1.32 bits per heavy atom. The molecule has 124 valence electrons. The van der Waals surface area contributed by atoms with Gasteiger partial charge in [-0.15, -0.1) is 0 Å². The molecule has 0 unspecified atom stereocenters. The molecule has 0 saturated carbocycles. The Labute approximate surface area is 128 Å². The van der Waals surface area contributed by atoms with E-state index in [0.717, 1.165) is 12.8 Å². The molecule has 1 aromatic heterocycles. The van der Waals surface area contributed by atoms with E-state index < -0.39 is 17.2 Å². The van der Waals surface area contributed by atoms with Crippen LogP contribution in [0.15, 0.2) is 9.59 Å². The van der Waals surface area contributed by atoms with Crippen LogP contribution >= 0.6 is 0 Å². The number of carboxylic acid groups (broad SMARTS) is 1.